The van der Waals surface area contributed by atoms with Crippen molar-refractivity contribution < 1.29 is 4.39 Å². The van der Waals surface area contributed by atoms with Gasteiger partial charge in [0.25, 0.3) is 0 Å². The van der Waals surface area contributed by atoms with Crippen LogP contribution >= 0.6 is 15.9 Å². The molecule has 78 valence electrons. The second-order valence-electron chi connectivity index (χ2n) is 2.87. The lowest BCUT2D eigenvalue weighted by Crippen LogP contribution is -1.82. The maximum absolute atomic E-state index is 12.6. The number of nitrogens with zero attached hydrogens (tertiary/aromatic N) is 1. The first-order chi connectivity index (χ1) is 6.75. The third-order valence-corrected chi connectivity index (χ3v) is 2.34. The zero-order chi connectivity index (χ0) is 9.97. The highest BCUT2D eigenvalue weighted by Crippen LogP contribution is 2.18. The van der Waals surface area contributed by atoms with Gasteiger partial charge in [-0.2, -0.15) is 0 Å². The van der Waals surface area contributed by atoms with E-state index in [0.29, 0.717) is 0 Å². The largest absolute Gasteiger partial charge is 0.255 e. The van der Waals surface area contributed by atoms with Crippen molar-refractivity contribution >= 4 is 15.9 Å². The third-order valence-electron chi connectivity index (χ3n) is 1.87. The first-order valence-electron chi connectivity index (χ1n) is 4.13. The molecule has 0 saturated heterocycles. The Morgan fingerprint density at radius 3 is 2.20 bits per heavy atom. The molecule has 2 aromatic rings. The van der Waals surface area contributed by atoms with E-state index in [1.165, 1.54) is 12.1 Å². The third kappa shape index (κ3) is 2.86. The normalized spacial score (nSPS) is 9.47. The summed E-state index contributed by atoms with van der Waals surface area (Å²) in [6.45, 7) is 0. The smallest absolute Gasteiger partial charge is 0.123 e. The minimum Gasteiger partial charge on any atom is -0.255 e. The summed E-state index contributed by atoms with van der Waals surface area (Å²) >= 11 is 3.31. The summed E-state index contributed by atoms with van der Waals surface area (Å²) in [4.78, 5) is 4.21. The number of benzene rings is 1. The number of pyridine rings is 1. The van der Waals surface area contributed by atoms with Crippen LogP contribution in [0, 0.1) is 5.82 Å². The molecule has 0 unspecified atom stereocenters. The number of halogens is 2. The molecular formula is C12H11BrFN. The second kappa shape index (κ2) is 5.03. The highest BCUT2D eigenvalue weighted by molar-refractivity contribution is 9.10. The van der Waals surface area contributed by atoms with Crippen molar-refractivity contribution in [1.29, 1.82) is 0 Å². The first kappa shape index (κ1) is 11.9. The molecule has 0 radical (unpaired) electrons. The fraction of sp³-hybridized carbons (Fsp3) is 0.0833. The molecule has 1 aromatic carbocycles. The highest BCUT2D eigenvalue weighted by atomic mass is 79.9. The molecule has 3 heteroatoms. The summed E-state index contributed by atoms with van der Waals surface area (Å²) < 4.78 is 13.6. The van der Waals surface area contributed by atoms with Crippen LogP contribution in [-0.2, 0) is 0 Å². The molecular weight excluding hydrogens is 257 g/mol. The number of hydrogen-bond donors (Lipinski definition) is 0. The predicted octanol–water partition coefficient (Wildman–Crippen LogP) is 4.29. The van der Waals surface area contributed by atoms with Gasteiger partial charge < -0.3 is 0 Å². The van der Waals surface area contributed by atoms with E-state index < -0.39 is 0 Å². The Bertz CT molecular complexity index is 379. The van der Waals surface area contributed by atoms with Crippen LogP contribution in [0.4, 0.5) is 4.39 Å². The van der Waals surface area contributed by atoms with Crippen LogP contribution in [-0.4, -0.2) is 4.98 Å². The Hall–Kier alpha value is -1.22. The first-order valence-corrected chi connectivity index (χ1v) is 4.92. The molecule has 0 fully saturated rings. The lowest BCUT2D eigenvalue weighted by molar-refractivity contribution is 0.628. The van der Waals surface area contributed by atoms with Crippen LogP contribution in [0.25, 0.3) is 11.3 Å². The van der Waals surface area contributed by atoms with Gasteiger partial charge in [-0.1, -0.05) is 7.43 Å². The minimum atomic E-state index is -0.231. The van der Waals surface area contributed by atoms with Crippen molar-refractivity contribution in [3.05, 3.63) is 52.9 Å². The van der Waals surface area contributed by atoms with Crippen LogP contribution in [0.3, 0.4) is 0 Å². The van der Waals surface area contributed by atoms with Gasteiger partial charge in [0.15, 0.2) is 0 Å². The molecule has 1 nitrogen and oxygen atoms in total. The van der Waals surface area contributed by atoms with Crippen LogP contribution < -0.4 is 0 Å². The van der Waals surface area contributed by atoms with E-state index in [1.54, 1.807) is 18.3 Å². The van der Waals surface area contributed by atoms with Gasteiger partial charge in [-0.15, -0.1) is 0 Å². The SMILES string of the molecule is C.Fc1ccc(-c2ccc(Br)cn2)cc1. The molecule has 0 saturated carbocycles. The van der Waals surface area contributed by atoms with Gasteiger partial charge >= 0.3 is 0 Å². The molecule has 0 N–H and O–H groups in total. The summed E-state index contributed by atoms with van der Waals surface area (Å²) in [7, 11) is 0. The lowest BCUT2D eigenvalue weighted by atomic mass is 10.1. The van der Waals surface area contributed by atoms with Crippen LogP contribution in [0.15, 0.2) is 47.1 Å². The maximum atomic E-state index is 12.6. The van der Waals surface area contributed by atoms with Crippen molar-refractivity contribution in [2.24, 2.45) is 0 Å². The van der Waals surface area contributed by atoms with Crippen molar-refractivity contribution in [2.75, 3.05) is 0 Å². The molecule has 0 atom stereocenters. The van der Waals surface area contributed by atoms with E-state index in [1.807, 2.05) is 12.1 Å². The van der Waals surface area contributed by atoms with E-state index in [4.69, 9.17) is 0 Å². The molecule has 0 spiro atoms. The Balaban J connectivity index is 0.00000112. The molecule has 0 aliphatic carbocycles. The zero-order valence-corrected chi connectivity index (χ0v) is 8.83. The Morgan fingerprint density at radius 2 is 1.67 bits per heavy atom. The molecule has 2 rings (SSSR count). The average molecular weight is 268 g/mol. The highest BCUT2D eigenvalue weighted by Gasteiger charge is 1.98. The Morgan fingerprint density at radius 1 is 1.00 bits per heavy atom. The van der Waals surface area contributed by atoms with Crippen molar-refractivity contribution in [2.45, 2.75) is 7.43 Å². The van der Waals surface area contributed by atoms with Crippen LogP contribution in [0.1, 0.15) is 7.43 Å². The Kier molecular flexibility index (Phi) is 3.97. The molecule has 15 heavy (non-hydrogen) atoms. The van der Waals surface area contributed by atoms with E-state index in [2.05, 4.69) is 20.9 Å². The summed E-state index contributed by atoms with van der Waals surface area (Å²) in [5.41, 5.74) is 1.76. The molecule has 1 aromatic heterocycles. The minimum absolute atomic E-state index is 0. The molecule has 0 amide bonds. The van der Waals surface area contributed by atoms with Gasteiger partial charge in [0, 0.05) is 16.2 Å². The van der Waals surface area contributed by atoms with Crippen molar-refractivity contribution in [3.63, 3.8) is 0 Å². The monoisotopic (exact) mass is 267 g/mol. The summed E-state index contributed by atoms with van der Waals surface area (Å²) in [6, 6.07) is 10.1. The van der Waals surface area contributed by atoms with Gasteiger partial charge in [-0.3, -0.25) is 4.98 Å². The van der Waals surface area contributed by atoms with E-state index in [-0.39, 0.29) is 13.2 Å². The summed E-state index contributed by atoms with van der Waals surface area (Å²) in [5, 5.41) is 0. The molecule has 0 aliphatic rings. The van der Waals surface area contributed by atoms with E-state index in [0.717, 1.165) is 15.7 Å². The molecule has 0 bridgehead atoms. The van der Waals surface area contributed by atoms with Gasteiger partial charge in [-0.05, 0) is 52.3 Å². The topological polar surface area (TPSA) is 12.9 Å². The molecule has 0 aliphatic heterocycles. The quantitative estimate of drug-likeness (QED) is 0.752. The summed E-state index contributed by atoms with van der Waals surface area (Å²) in [5.74, 6) is -0.231. The average Bonchev–Trinajstić information content (AvgIpc) is 2.21. The molecule has 1 heterocycles. The maximum Gasteiger partial charge on any atom is 0.123 e. The lowest BCUT2D eigenvalue weighted by Gasteiger charge is -1.99. The summed E-state index contributed by atoms with van der Waals surface area (Å²) in [6.07, 6.45) is 1.72. The fourth-order valence-corrected chi connectivity index (χ4v) is 1.40. The van der Waals surface area contributed by atoms with Crippen molar-refractivity contribution in [3.8, 4) is 11.3 Å². The number of hydrogen-bond acceptors (Lipinski definition) is 1. The number of rotatable bonds is 1. The van der Waals surface area contributed by atoms with Gasteiger partial charge in [-0.25, -0.2) is 4.39 Å². The van der Waals surface area contributed by atoms with Gasteiger partial charge in [0.1, 0.15) is 5.82 Å². The fourth-order valence-electron chi connectivity index (χ4n) is 1.17. The predicted molar refractivity (Wildman–Crippen MR) is 64.1 cm³/mol. The number of aromatic nitrogens is 1. The van der Waals surface area contributed by atoms with Crippen molar-refractivity contribution in [1.82, 2.24) is 4.98 Å². The van der Waals surface area contributed by atoms with E-state index >= 15 is 0 Å². The van der Waals surface area contributed by atoms with Crippen LogP contribution in [0.5, 0.6) is 0 Å². The standard InChI is InChI=1S/C11H7BrFN.CH4/c12-9-3-6-11(14-7-9)8-1-4-10(13)5-2-8;/h1-7H;1H4. The van der Waals surface area contributed by atoms with Gasteiger partial charge in [0.05, 0.1) is 5.69 Å². The van der Waals surface area contributed by atoms with Crippen LogP contribution in [0.2, 0.25) is 0 Å². The van der Waals surface area contributed by atoms with E-state index in [9.17, 15) is 4.39 Å². The Labute approximate surface area is 97.1 Å². The van der Waals surface area contributed by atoms with Gasteiger partial charge in [0.2, 0.25) is 0 Å². The zero-order valence-electron chi connectivity index (χ0n) is 7.24. The second-order valence-corrected chi connectivity index (χ2v) is 3.78.